The molecule has 4 heteroatoms. The number of carbonyl (C=O) groups is 2. The molecule has 18 heavy (non-hydrogen) atoms. The fraction of sp³-hybridized carbons (Fsp3) is 0.429. The number of nitrogens with zero attached hydrogens (tertiary/aromatic N) is 1. The minimum Gasteiger partial charge on any atom is -0.480 e. The summed E-state index contributed by atoms with van der Waals surface area (Å²) < 4.78 is 0. The number of rotatable bonds is 5. The third kappa shape index (κ3) is 2.88. The Morgan fingerprint density at radius 1 is 1.33 bits per heavy atom. The van der Waals surface area contributed by atoms with Gasteiger partial charge in [0.25, 0.3) is 0 Å². The van der Waals surface area contributed by atoms with E-state index in [1.54, 1.807) is 7.05 Å². The van der Waals surface area contributed by atoms with Gasteiger partial charge in [0.2, 0.25) is 5.91 Å². The molecule has 0 aromatic heterocycles. The lowest BCUT2D eigenvalue weighted by Gasteiger charge is -2.22. The van der Waals surface area contributed by atoms with E-state index in [4.69, 9.17) is 5.11 Å². The van der Waals surface area contributed by atoms with Crippen LogP contribution in [0.2, 0.25) is 0 Å². The summed E-state index contributed by atoms with van der Waals surface area (Å²) in [6.07, 6.45) is 2.10. The van der Waals surface area contributed by atoms with Crippen molar-refractivity contribution in [2.45, 2.75) is 18.8 Å². The molecule has 0 saturated heterocycles. The molecule has 0 aliphatic heterocycles. The van der Waals surface area contributed by atoms with Crippen molar-refractivity contribution in [3.8, 4) is 0 Å². The first kappa shape index (κ1) is 12.6. The molecule has 0 heterocycles. The van der Waals surface area contributed by atoms with Gasteiger partial charge in [-0.1, -0.05) is 30.3 Å². The van der Waals surface area contributed by atoms with Gasteiger partial charge in [0, 0.05) is 7.05 Å². The molecule has 1 fully saturated rings. The molecule has 1 atom stereocenters. The van der Waals surface area contributed by atoms with E-state index in [0.29, 0.717) is 5.92 Å². The lowest BCUT2D eigenvalue weighted by molar-refractivity contribution is -0.144. The minimum atomic E-state index is -0.978. The highest BCUT2D eigenvalue weighted by atomic mass is 16.4. The van der Waals surface area contributed by atoms with Gasteiger partial charge in [-0.2, -0.15) is 0 Å². The average Bonchev–Trinajstić information content (AvgIpc) is 3.14. The summed E-state index contributed by atoms with van der Waals surface area (Å²) in [5.41, 5.74) is 0.988. The van der Waals surface area contributed by atoms with Crippen molar-refractivity contribution >= 4 is 11.9 Å². The molecule has 0 spiro atoms. The van der Waals surface area contributed by atoms with Crippen molar-refractivity contribution in [2.75, 3.05) is 13.6 Å². The van der Waals surface area contributed by atoms with E-state index < -0.39 is 5.97 Å². The van der Waals surface area contributed by atoms with Crippen LogP contribution in [0, 0.1) is 5.92 Å². The van der Waals surface area contributed by atoms with Gasteiger partial charge < -0.3 is 10.0 Å². The van der Waals surface area contributed by atoms with Crippen LogP contribution < -0.4 is 0 Å². The van der Waals surface area contributed by atoms with Gasteiger partial charge in [-0.05, 0) is 24.3 Å². The van der Waals surface area contributed by atoms with E-state index >= 15 is 0 Å². The summed E-state index contributed by atoms with van der Waals surface area (Å²) in [5, 5.41) is 8.75. The molecule has 1 aliphatic carbocycles. The SMILES string of the molecule is CN(CC(=O)O)C(=O)C(c1ccccc1)C1CC1. The topological polar surface area (TPSA) is 57.6 Å². The van der Waals surface area contributed by atoms with Crippen LogP contribution in [0.25, 0.3) is 0 Å². The molecule has 1 amide bonds. The Balaban J connectivity index is 2.16. The molecular formula is C14H17NO3. The summed E-state index contributed by atoms with van der Waals surface area (Å²) in [5.74, 6) is -0.883. The molecule has 0 radical (unpaired) electrons. The van der Waals surface area contributed by atoms with E-state index in [2.05, 4.69) is 0 Å². The summed E-state index contributed by atoms with van der Waals surface area (Å²) in [4.78, 5) is 24.3. The van der Waals surface area contributed by atoms with Gasteiger partial charge in [0.05, 0.1) is 5.92 Å². The predicted molar refractivity (Wildman–Crippen MR) is 67.2 cm³/mol. The number of amides is 1. The number of carbonyl (C=O) groups excluding carboxylic acids is 1. The van der Waals surface area contributed by atoms with Crippen molar-refractivity contribution in [1.29, 1.82) is 0 Å². The highest BCUT2D eigenvalue weighted by Crippen LogP contribution is 2.43. The van der Waals surface area contributed by atoms with Gasteiger partial charge in [0.1, 0.15) is 6.54 Å². The highest BCUT2D eigenvalue weighted by molar-refractivity contribution is 5.87. The van der Waals surface area contributed by atoms with E-state index in [9.17, 15) is 9.59 Å². The van der Waals surface area contributed by atoms with Gasteiger partial charge in [-0.3, -0.25) is 9.59 Å². The first-order chi connectivity index (χ1) is 8.59. The average molecular weight is 247 g/mol. The molecule has 2 rings (SSSR count). The Morgan fingerprint density at radius 3 is 2.44 bits per heavy atom. The van der Waals surface area contributed by atoms with Crippen LogP contribution in [0.4, 0.5) is 0 Å². The maximum Gasteiger partial charge on any atom is 0.323 e. The van der Waals surface area contributed by atoms with E-state index in [1.807, 2.05) is 30.3 Å². The zero-order valence-corrected chi connectivity index (χ0v) is 10.4. The van der Waals surface area contributed by atoms with Gasteiger partial charge >= 0.3 is 5.97 Å². The van der Waals surface area contributed by atoms with Crippen LogP contribution in [0.5, 0.6) is 0 Å². The second-order valence-electron chi connectivity index (χ2n) is 4.81. The smallest absolute Gasteiger partial charge is 0.323 e. The maximum atomic E-state index is 12.3. The molecule has 1 unspecified atom stereocenters. The lowest BCUT2D eigenvalue weighted by Crippen LogP contribution is -2.36. The van der Waals surface area contributed by atoms with E-state index in [-0.39, 0.29) is 18.4 Å². The zero-order valence-electron chi connectivity index (χ0n) is 10.4. The molecule has 4 nitrogen and oxygen atoms in total. The molecule has 1 saturated carbocycles. The number of hydrogen-bond acceptors (Lipinski definition) is 2. The van der Waals surface area contributed by atoms with Crippen molar-refractivity contribution in [3.05, 3.63) is 35.9 Å². The molecule has 1 aromatic rings. The third-order valence-electron chi connectivity index (χ3n) is 3.27. The predicted octanol–water partition coefficient (Wildman–Crippen LogP) is 1.72. The van der Waals surface area contributed by atoms with Crippen LogP contribution in [0.1, 0.15) is 24.3 Å². The summed E-state index contributed by atoms with van der Waals surface area (Å²) >= 11 is 0. The quantitative estimate of drug-likeness (QED) is 0.862. The molecule has 1 aliphatic rings. The maximum absolute atomic E-state index is 12.3. The zero-order chi connectivity index (χ0) is 13.1. The number of aliphatic carboxylic acids is 1. The highest BCUT2D eigenvalue weighted by Gasteiger charge is 2.38. The number of hydrogen-bond donors (Lipinski definition) is 1. The van der Waals surface area contributed by atoms with Gasteiger partial charge in [-0.15, -0.1) is 0 Å². The van der Waals surface area contributed by atoms with Crippen LogP contribution in [-0.4, -0.2) is 35.5 Å². The molecular weight excluding hydrogens is 230 g/mol. The summed E-state index contributed by atoms with van der Waals surface area (Å²) in [6, 6.07) is 9.62. The van der Waals surface area contributed by atoms with Crippen molar-refractivity contribution in [3.63, 3.8) is 0 Å². The van der Waals surface area contributed by atoms with Gasteiger partial charge in [0.15, 0.2) is 0 Å². The number of carboxylic acid groups (broad SMARTS) is 1. The number of carboxylic acids is 1. The number of likely N-dealkylation sites (N-methyl/N-ethyl adjacent to an activating group) is 1. The fourth-order valence-corrected chi connectivity index (χ4v) is 2.22. The van der Waals surface area contributed by atoms with Gasteiger partial charge in [-0.25, -0.2) is 0 Å². The normalized spacial score (nSPS) is 16.1. The molecule has 96 valence electrons. The standard InChI is InChI=1S/C14H17NO3/c1-15(9-12(16)17)14(18)13(11-7-8-11)10-5-3-2-4-6-10/h2-6,11,13H,7-9H2,1H3,(H,16,17). The van der Waals surface area contributed by atoms with Crippen LogP contribution in [-0.2, 0) is 9.59 Å². The largest absolute Gasteiger partial charge is 0.480 e. The number of benzene rings is 1. The van der Waals surface area contributed by atoms with Crippen LogP contribution in [0.15, 0.2) is 30.3 Å². The van der Waals surface area contributed by atoms with Crippen molar-refractivity contribution in [1.82, 2.24) is 4.90 Å². The van der Waals surface area contributed by atoms with E-state index in [1.165, 1.54) is 4.90 Å². The van der Waals surface area contributed by atoms with E-state index in [0.717, 1.165) is 18.4 Å². The third-order valence-corrected chi connectivity index (χ3v) is 3.27. The molecule has 1 N–H and O–H groups in total. The minimum absolute atomic E-state index is 0.0916. The second-order valence-corrected chi connectivity index (χ2v) is 4.81. The summed E-state index contributed by atoms with van der Waals surface area (Å²) in [7, 11) is 1.55. The molecule has 1 aromatic carbocycles. The van der Waals surface area contributed by atoms with Crippen LogP contribution >= 0.6 is 0 Å². The van der Waals surface area contributed by atoms with Crippen LogP contribution in [0.3, 0.4) is 0 Å². The monoisotopic (exact) mass is 247 g/mol. The summed E-state index contributed by atoms with van der Waals surface area (Å²) in [6.45, 7) is -0.241. The molecule has 0 bridgehead atoms. The first-order valence-corrected chi connectivity index (χ1v) is 6.11. The fourth-order valence-electron chi connectivity index (χ4n) is 2.22. The Hall–Kier alpha value is -1.84. The second kappa shape index (κ2) is 5.21. The first-order valence-electron chi connectivity index (χ1n) is 6.11. The lowest BCUT2D eigenvalue weighted by atomic mass is 9.93. The Bertz CT molecular complexity index is 440. The Labute approximate surface area is 106 Å². The Kier molecular flexibility index (Phi) is 3.65. The Morgan fingerprint density at radius 2 is 1.94 bits per heavy atom. The van der Waals surface area contributed by atoms with Crippen molar-refractivity contribution < 1.29 is 14.7 Å². The van der Waals surface area contributed by atoms with Crippen molar-refractivity contribution in [2.24, 2.45) is 5.92 Å².